The van der Waals surface area contributed by atoms with E-state index in [0.29, 0.717) is 0 Å². The highest BCUT2D eigenvalue weighted by Gasteiger charge is 2.15. The Labute approximate surface area is 116 Å². The van der Waals surface area contributed by atoms with Crippen molar-refractivity contribution in [2.45, 2.75) is 26.0 Å². The van der Waals surface area contributed by atoms with Gasteiger partial charge >= 0.3 is 0 Å². The number of aryl methyl sites for hydroxylation is 1. The first-order chi connectivity index (χ1) is 9.29. The lowest BCUT2D eigenvalue weighted by atomic mass is 10.0. The van der Waals surface area contributed by atoms with E-state index in [2.05, 4.69) is 29.5 Å². The molecule has 3 rings (SSSR count). The minimum Gasteiger partial charge on any atom is -0.383 e. The Morgan fingerprint density at radius 1 is 1.37 bits per heavy atom. The van der Waals surface area contributed by atoms with E-state index in [4.69, 9.17) is 0 Å². The normalized spacial score (nSPS) is 12.9. The summed E-state index contributed by atoms with van der Waals surface area (Å²) in [5, 5.41) is 18.1. The van der Waals surface area contributed by atoms with Crippen molar-refractivity contribution in [2.75, 3.05) is 0 Å². The number of aliphatic hydroxyl groups excluding tert-OH is 1. The maximum Gasteiger partial charge on any atom is 0.108 e. The van der Waals surface area contributed by atoms with Crippen LogP contribution in [0.25, 0.3) is 10.1 Å². The van der Waals surface area contributed by atoms with Gasteiger partial charge in [0, 0.05) is 28.6 Å². The summed E-state index contributed by atoms with van der Waals surface area (Å²) in [6.07, 6.45) is 4.12. The third kappa shape index (κ3) is 2.29. The number of benzene rings is 1. The summed E-state index contributed by atoms with van der Waals surface area (Å²) in [6, 6.07) is 8.13. The second-order valence-electron chi connectivity index (χ2n) is 4.63. The van der Waals surface area contributed by atoms with Crippen LogP contribution in [0.2, 0.25) is 0 Å². The van der Waals surface area contributed by atoms with E-state index in [-0.39, 0.29) is 0 Å². The molecule has 0 aliphatic carbocycles. The van der Waals surface area contributed by atoms with Gasteiger partial charge in [0.2, 0.25) is 0 Å². The van der Waals surface area contributed by atoms with Gasteiger partial charge in [-0.3, -0.25) is 4.68 Å². The van der Waals surface area contributed by atoms with Gasteiger partial charge in [-0.1, -0.05) is 25.1 Å². The van der Waals surface area contributed by atoms with Crippen molar-refractivity contribution in [2.24, 2.45) is 0 Å². The first-order valence-corrected chi connectivity index (χ1v) is 7.34. The molecule has 0 amide bonds. The molecule has 98 valence electrons. The molecule has 0 radical (unpaired) electrons. The minimum absolute atomic E-state index is 0.604. The summed E-state index contributed by atoms with van der Waals surface area (Å²) < 4.78 is 3.03. The Bertz CT molecular complexity index is 686. The molecule has 2 heterocycles. The van der Waals surface area contributed by atoms with Crippen LogP contribution >= 0.6 is 11.3 Å². The highest BCUT2D eigenvalue weighted by molar-refractivity contribution is 7.17. The zero-order chi connectivity index (χ0) is 13.2. The van der Waals surface area contributed by atoms with Crippen molar-refractivity contribution in [1.29, 1.82) is 0 Å². The third-order valence-corrected chi connectivity index (χ3v) is 4.20. The maximum atomic E-state index is 10.5. The smallest absolute Gasteiger partial charge is 0.108 e. The van der Waals surface area contributed by atoms with E-state index in [1.54, 1.807) is 17.5 Å². The van der Waals surface area contributed by atoms with Gasteiger partial charge in [-0.05, 0) is 23.3 Å². The lowest BCUT2D eigenvalue weighted by molar-refractivity contribution is 0.222. The predicted molar refractivity (Wildman–Crippen MR) is 78.4 cm³/mol. The summed E-state index contributed by atoms with van der Waals surface area (Å²) >= 11 is 1.67. The monoisotopic (exact) mass is 272 g/mol. The number of nitrogens with zero attached hydrogens (tertiary/aromatic N) is 2. The number of rotatable bonds is 4. The van der Waals surface area contributed by atoms with Crippen LogP contribution in [0.5, 0.6) is 0 Å². The molecule has 0 saturated carbocycles. The summed E-state index contributed by atoms with van der Waals surface area (Å²) in [4.78, 5) is 0. The average molecular weight is 272 g/mol. The van der Waals surface area contributed by atoms with Crippen LogP contribution in [0, 0.1) is 0 Å². The number of thiophene rings is 1. The van der Waals surface area contributed by atoms with Gasteiger partial charge < -0.3 is 5.11 Å². The predicted octanol–water partition coefficient (Wildman–Crippen LogP) is 3.59. The molecule has 0 bridgehead atoms. The number of hydrogen-bond acceptors (Lipinski definition) is 3. The Morgan fingerprint density at radius 2 is 2.26 bits per heavy atom. The Hall–Kier alpha value is -1.65. The molecular formula is C15H16N2OS. The van der Waals surface area contributed by atoms with E-state index < -0.39 is 6.10 Å². The van der Waals surface area contributed by atoms with Crippen LogP contribution < -0.4 is 0 Å². The molecule has 1 atom stereocenters. The molecule has 0 aliphatic rings. The van der Waals surface area contributed by atoms with Gasteiger partial charge in [-0.2, -0.15) is 5.10 Å². The zero-order valence-electron chi connectivity index (χ0n) is 10.8. The average Bonchev–Trinajstić information content (AvgIpc) is 3.06. The van der Waals surface area contributed by atoms with Crippen molar-refractivity contribution in [3.05, 3.63) is 53.2 Å². The van der Waals surface area contributed by atoms with Crippen LogP contribution in [0.3, 0.4) is 0 Å². The molecule has 0 spiro atoms. The summed E-state index contributed by atoms with van der Waals surface area (Å²) in [6.45, 7) is 3.00. The lowest BCUT2D eigenvalue weighted by Crippen LogP contribution is -1.99. The summed E-state index contributed by atoms with van der Waals surface area (Å²) in [5.74, 6) is 0. The SMILES string of the molecule is CCCn1cc(C(O)c2cccc3ccsc23)cn1. The van der Waals surface area contributed by atoms with Gasteiger partial charge in [-0.25, -0.2) is 0 Å². The number of aliphatic hydroxyl groups is 1. The molecule has 0 saturated heterocycles. The molecule has 2 aromatic heterocycles. The molecule has 0 fully saturated rings. The number of aromatic nitrogens is 2. The minimum atomic E-state index is -0.604. The topological polar surface area (TPSA) is 38.0 Å². The fourth-order valence-electron chi connectivity index (χ4n) is 2.28. The lowest BCUT2D eigenvalue weighted by Gasteiger charge is -2.09. The van der Waals surface area contributed by atoms with Gasteiger partial charge in [0.25, 0.3) is 0 Å². The molecule has 1 N–H and O–H groups in total. The molecule has 19 heavy (non-hydrogen) atoms. The van der Waals surface area contributed by atoms with Gasteiger partial charge in [0.15, 0.2) is 0 Å². The van der Waals surface area contributed by atoms with Crippen LogP contribution in [0.15, 0.2) is 42.0 Å². The number of fused-ring (bicyclic) bond motifs is 1. The van der Waals surface area contributed by atoms with Crippen molar-refractivity contribution in [3.8, 4) is 0 Å². The van der Waals surface area contributed by atoms with Crippen LogP contribution in [-0.4, -0.2) is 14.9 Å². The van der Waals surface area contributed by atoms with E-state index in [1.807, 2.05) is 23.0 Å². The summed E-state index contributed by atoms with van der Waals surface area (Å²) in [5.41, 5.74) is 1.82. The maximum absolute atomic E-state index is 10.5. The first kappa shape index (κ1) is 12.4. The van der Waals surface area contributed by atoms with E-state index in [0.717, 1.165) is 28.8 Å². The molecule has 1 aromatic carbocycles. The third-order valence-electron chi connectivity index (χ3n) is 3.23. The Kier molecular flexibility index (Phi) is 3.36. The van der Waals surface area contributed by atoms with Gasteiger partial charge in [0.1, 0.15) is 6.10 Å². The fraction of sp³-hybridized carbons (Fsp3) is 0.267. The highest BCUT2D eigenvalue weighted by atomic mass is 32.1. The zero-order valence-corrected chi connectivity index (χ0v) is 11.6. The van der Waals surface area contributed by atoms with Crippen molar-refractivity contribution < 1.29 is 5.11 Å². The van der Waals surface area contributed by atoms with Crippen LogP contribution in [0.4, 0.5) is 0 Å². The van der Waals surface area contributed by atoms with Crippen molar-refractivity contribution in [1.82, 2.24) is 9.78 Å². The largest absolute Gasteiger partial charge is 0.383 e. The summed E-state index contributed by atoms with van der Waals surface area (Å²) in [7, 11) is 0. The highest BCUT2D eigenvalue weighted by Crippen LogP contribution is 2.32. The fourth-order valence-corrected chi connectivity index (χ4v) is 3.22. The molecular weight excluding hydrogens is 256 g/mol. The van der Waals surface area contributed by atoms with Crippen molar-refractivity contribution >= 4 is 21.4 Å². The number of hydrogen-bond donors (Lipinski definition) is 1. The van der Waals surface area contributed by atoms with Gasteiger partial charge in [-0.15, -0.1) is 11.3 Å². The van der Waals surface area contributed by atoms with E-state index in [9.17, 15) is 5.11 Å². The Morgan fingerprint density at radius 3 is 3.11 bits per heavy atom. The first-order valence-electron chi connectivity index (χ1n) is 6.46. The second-order valence-corrected chi connectivity index (χ2v) is 5.54. The molecule has 4 heteroatoms. The standard InChI is InChI=1S/C15H16N2OS/c1-2-7-17-10-12(9-16-17)14(18)13-5-3-4-11-6-8-19-15(11)13/h3-6,8-10,14,18H,2,7H2,1H3. The van der Waals surface area contributed by atoms with E-state index in [1.165, 1.54) is 5.39 Å². The van der Waals surface area contributed by atoms with Gasteiger partial charge in [0.05, 0.1) is 6.20 Å². The van der Waals surface area contributed by atoms with Crippen LogP contribution in [-0.2, 0) is 6.54 Å². The quantitative estimate of drug-likeness (QED) is 0.788. The van der Waals surface area contributed by atoms with E-state index >= 15 is 0 Å². The van der Waals surface area contributed by atoms with Crippen molar-refractivity contribution in [3.63, 3.8) is 0 Å². The molecule has 1 unspecified atom stereocenters. The molecule has 3 aromatic rings. The second kappa shape index (κ2) is 5.15. The molecule has 3 nitrogen and oxygen atoms in total. The Balaban J connectivity index is 1.98. The van der Waals surface area contributed by atoms with Crippen LogP contribution in [0.1, 0.15) is 30.6 Å². The molecule has 0 aliphatic heterocycles.